The summed E-state index contributed by atoms with van der Waals surface area (Å²) in [6.45, 7) is 1.66. The maximum absolute atomic E-state index is 12.6. The van der Waals surface area contributed by atoms with Crippen LogP contribution in [0.1, 0.15) is 29.5 Å². The molecule has 1 aromatic heterocycles. The molecule has 0 bridgehead atoms. The Morgan fingerprint density at radius 3 is 2.75 bits per heavy atom. The van der Waals surface area contributed by atoms with Gasteiger partial charge in [-0.3, -0.25) is 14.9 Å². The van der Waals surface area contributed by atoms with E-state index in [-0.39, 0.29) is 22.8 Å². The van der Waals surface area contributed by atoms with Crippen LogP contribution in [0.2, 0.25) is 0 Å². The largest absolute Gasteiger partial charge is 0.302 e. The molecule has 1 aliphatic rings. The molecule has 0 saturated carbocycles. The molecule has 0 spiro atoms. The smallest absolute Gasteiger partial charge is 0.272 e. The number of nitrogens with zero attached hydrogens (tertiary/aromatic N) is 2. The van der Waals surface area contributed by atoms with Crippen LogP contribution in [0.15, 0.2) is 46.7 Å². The van der Waals surface area contributed by atoms with Crippen LogP contribution in [0.25, 0.3) is 11.3 Å². The van der Waals surface area contributed by atoms with Crippen molar-refractivity contribution in [2.45, 2.75) is 37.5 Å². The zero-order valence-corrected chi connectivity index (χ0v) is 19.0. The monoisotopic (exact) mass is 471 g/mol. The number of hydrogen-bond donors (Lipinski definition) is 1. The van der Waals surface area contributed by atoms with Crippen LogP contribution >= 0.6 is 11.3 Å². The Kier molecular flexibility index (Phi) is 6.07. The van der Waals surface area contributed by atoms with E-state index in [1.54, 1.807) is 36.6 Å². The molecule has 0 radical (unpaired) electrons. The fraction of sp³-hybridized carbons (Fsp3) is 0.273. The van der Waals surface area contributed by atoms with Gasteiger partial charge in [0.15, 0.2) is 15.0 Å². The summed E-state index contributed by atoms with van der Waals surface area (Å²) in [7, 11) is -3.57. The standard InChI is InChI=1S/C22H21N3O5S2/c1-14-5-6-17(12-20(14)25(27)28)19-13-31-22(23-19)24-21(26)9-10-32(29,30)18-8-7-15-3-2-4-16(15)11-18/h5-8,11-13H,2-4,9-10H2,1H3,(H,23,24,26). The molecule has 1 amide bonds. The SMILES string of the molecule is Cc1ccc(-c2csc(NC(=O)CCS(=O)(=O)c3ccc4c(c3)CCC4)n2)cc1[N+](=O)[O-]. The lowest BCUT2D eigenvalue weighted by Gasteiger charge is -2.07. The number of anilines is 1. The summed E-state index contributed by atoms with van der Waals surface area (Å²) >= 11 is 1.17. The average molecular weight is 472 g/mol. The molecule has 4 rings (SSSR count). The highest BCUT2D eigenvalue weighted by atomic mass is 32.2. The summed E-state index contributed by atoms with van der Waals surface area (Å²) in [4.78, 5) is 27.6. The first-order valence-corrected chi connectivity index (χ1v) is 12.6. The molecule has 32 heavy (non-hydrogen) atoms. The van der Waals surface area contributed by atoms with Gasteiger partial charge in [0.05, 0.1) is 21.3 Å². The Balaban J connectivity index is 1.39. The van der Waals surface area contributed by atoms with Gasteiger partial charge in [0, 0.05) is 29.0 Å². The minimum atomic E-state index is -3.57. The number of amides is 1. The third kappa shape index (κ3) is 4.71. The quantitative estimate of drug-likeness (QED) is 0.405. The molecule has 1 N–H and O–H groups in total. The Morgan fingerprint density at radius 1 is 1.19 bits per heavy atom. The van der Waals surface area contributed by atoms with Crippen LogP contribution < -0.4 is 5.32 Å². The molecule has 10 heteroatoms. The molecule has 0 saturated heterocycles. The number of sulfone groups is 1. The van der Waals surface area contributed by atoms with Gasteiger partial charge in [0.2, 0.25) is 5.91 Å². The molecule has 3 aromatic rings. The number of thiazole rings is 1. The number of fused-ring (bicyclic) bond motifs is 1. The van der Waals surface area contributed by atoms with Crippen LogP contribution in [0.5, 0.6) is 0 Å². The molecular weight excluding hydrogens is 450 g/mol. The van der Waals surface area contributed by atoms with Gasteiger partial charge in [-0.2, -0.15) is 0 Å². The number of hydrogen-bond acceptors (Lipinski definition) is 7. The van der Waals surface area contributed by atoms with Crippen molar-refractivity contribution in [1.82, 2.24) is 4.98 Å². The molecule has 0 aliphatic heterocycles. The van der Waals surface area contributed by atoms with E-state index in [1.165, 1.54) is 23.0 Å². The number of carbonyl (C=O) groups excluding carboxylic acids is 1. The van der Waals surface area contributed by atoms with Gasteiger partial charge >= 0.3 is 0 Å². The number of aromatic nitrogens is 1. The minimum Gasteiger partial charge on any atom is -0.302 e. The van der Waals surface area contributed by atoms with E-state index in [1.807, 2.05) is 6.07 Å². The molecule has 166 valence electrons. The molecule has 0 fully saturated rings. The number of aryl methyl sites for hydroxylation is 3. The van der Waals surface area contributed by atoms with Gasteiger partial charge < -0.3 is 5.32 Å². The van der Waals surface area contributed by atoms with Gasteiger partial charge in [0.1, 0.15) is 0 Å². The second-order valence-corrected chi connectivity index (χ2v) is 10.7. The zero-order chi connectivity index (χ0) is 22.9. The second kappa shape index (κ2) is 8.79. The van der Waals surface area contributed by atoms with E-state index < -0.39 is 20.7 Å². The van der Waals surface area contributed by atoms with Gasteiger partial charge in [-0.15, -0.1) is 11.3 Å². The van der Waals surface area contributed by atoms with Crippen molar-refractivity contribution < 1.29 is 18.1 Å². The van der Waals surface area contributed by atoms with Gasteiger partial charge in [-0.25, -0.2) is 13.4 Å². The summed E-state index contributed by atoms with van der Waals surface area (Å²) in [5.41, 5.74) is 3.88. The molecular formula is C22H21N3O5S2. The summed E-state index contributed by atoms with van der Waals surface area (Å²) in [5.74, 6) is -0.745. The molecule has 2 aromatic carbocycles. The highest BCUT2D eigenvalue weighted by Gasteiger charge is 2.20. The van der Waals surface area contributed by atoms with Crippen molar-refractivity contribution in [1.29, 1.82) is 0 Å². The number of rotatable bonds is 7. The summed E-state index contributed by atoms with van der Waals surface area (Å²) in [6.07, 6.45) is 2.71. The molecule has 0 unspecified atom stereocenters. The van der Waals surface area contributed by atoms with Crippen LogP contribution in [-0.2, 0) is 27.5 Å². The van der Waals surface area contributed by atoms with Crippen molar-refractivity contribution in [2.24, 2.45) is 0 Å². The Hall–Kier alpha value is -3.11. The van der Waals surface area contributed by atoms with E-state index in [0.29, 0.717) is 22.0 Å². The highest BCUT2D eigenvalue weighted by Crippen LogP contribution is 2.30. The van der Waals surface area contributed by atoms with Crippen molar-refractivity contribution in [3.8, 4) is 11.3 Å². The van der Waals surface area contributed by atoms with E-state index in [0.717, 1.165) is 24.8 Å². The van der Waals surface area contributed by atoms with Crippen molar-refractivity contribution in [3.05, 3.63) is 68.6 Å². The maximum atomic E-state index is 12.6. The second-order valence-electron chi connectivity index (χ2n) is 7.70. The molecule has 0 atom stereocenters. The normalized spacial score (nSPS) is 13.0. The van der Waals surface area contributed by atoms with Gasteiger partial charge in [-0.1, -0.05) is 18.2 Å². The van der Waals surface area contributed by atoms with Crippen LogP contribution in [0.4, 0.5) is 10.8 Å². The Morgan fingerprint density at radius 2 is 1.97 bits per heavy atom. The van der Waals surface area contributed by atoms with E-state index in [2.05, 4.69) is 10.3 Å². The van der Waals surface area contributed by atoms with E-state index >= 15 is 0 Å². The first-order valence-electron chi connectivity index (χ1n) is 10.1. The number of carbonyl (C=O) groups is 1. The highest BCUT2D eigenvalue weighted by molar-refractivity contribution is 7.91. The minimum absolute atomic E-state index is 0.00199. The lowest BCUT2D eigenvalue weighted by molar-refractivity contribution is -0.385. The Labute approximate surface area is 189 Å². The summed E-state index contributed by atoms with van der Waals surface area (Å²) < 4.78 is 25.3. The summed E-state index contributed by atoms with van der Waals surface area (Å²) in [5, 5.41) is 15.8. The zero-order valence-electron chi connectivity index (χ0n) is 17.3. The van der Waals surface area contributed by atoms with E-state index in [9.17, 15) is 23.3 Å². The van der Waals surface area contributed by atoms with Gasteiger partial charge in [0.25, 0.3) is 5.69 Å². The van der Waals surface area contributed by atoms with Crippen LogP contribution in [-0.4, -0.2) is 30.0 Å². The summed E-state index contributed by atoms with van der Waals surface area (Å²) in [6, 6.07) is 10.0. The molecule has 8 nitrogen and oxygen atoms in total. The van der Waals surface area contributed by atoms with Crippen molar-refractivity contribution in [2.75, 3.05) is 11.1 Å². The first kappa shape index (κ1) is 22.1. The number of nitrogens with one attached hydrogen (secondary N) is 1. The van der Waals surface area contributed by atoms with Crippen LogP contribution in [0.3, 0.4) is 0 Å². The van der Waals surface area contributed by atoms with Crippen molar-refractivity contribution >= 4 is 37.9 Å². The third-order valence-electron chi connectivity index (χ3n) is 5.48. The first-order chi connectivity index (χ1) is 15.2. The van der Waals surface area contributed by atoms with E-state index in [4.69, 9.17) is 0 Å². The Bertz CT molecular complexity index is 1310. The number of benzene rings is 2. The lowest BCUT2D eigenvalue weighted by atomic mass is 10.1. The maximum Gasteiger partial charge on any atom is 0.272 e. The predicted octanol–water partition coefficient (Wildman–Crippen LogP) is 4.32. The van der Waals surface area contributed by atoms with Crippen molar-refractivity contribution in [3.63, 3.8) is 0 Å². The number of nitro benzene ring substituents is 1. The predicted molar refractivity (Wildman–Crippen MR) is 123 cm³/mol. The average Bonchev–Trinajstić information content (AvgIpc) is 3.41. The van der Waals surface area contributed by atoms with Gasteiger partial charge in [-0.05, 0) is 49.4 Å². The lowest BCUT2D eigenvalue weighted by Crippen LogP contribution is -2.17. The molecule has 1 heterocycles. The molecule has 1 aliphatic carbocycles. The topological polar surface area (TPSA) is 119 Å². The third-order valence-corrected chi connectivity index (χ3v) is 7.95. The number of nitro groups is 1. The fourth-order valence-corrected chi connectivity index (χ4v) is 5.72. The fourth-order valence-electron chi connectivity index (χ4n) is 3.70. The van der Waals surface area contributed by atoms with Crippen LogP contribution in [0, 0.1) is 17.0 Å².